The van der Waals surface area contributed by atoms with Crippen LogP contribution < -0.4 is 4.90 Å². The molecule has 39 heavy (non-hydrogen) atoms. The first kappa shape index (κ1) is 25.3. The molecule has 0 amide bonds. The zero-order valence-electron chi connectivity index (χ0n) is 21.8. The molecule has 0 saturated carbocycles. The molecular weight excluding hydrogens is 470 g/mol. The fraction of sp³-hybridized carbons (Fsp3) is 0. The lowest BCUT2D eigenvalue weighted by Gasteiger charge is -2.25. The van der Waals surface area contributed by atoms with Crippen molar-refractivity contribution in [2.45, 2.75) is 0 Å². The monoisotopic (exact) mass is 499 g/mol. The standard InChI is InChI=1S/C38H29N/c1-3-14-31(4-2)32-23-25-34(26-24-32)38(33-15-8-5-9-16-33)29-30-21-27-37(28-22-30)39(35-17-10-6-11-18-35)36-19-12-7-13-20-36/h3-4,6-8,10-29H,1-2H2/b31-14+,38-29?. The summed E-state index contributed by atoms with van der Waals surface area (Å²) in [4.78, 5) is 2.27. The molecule has 5 rings (SSSR count). The van der Waals surface area contributed by atoms with Crippen molar-refractivity contribution < 1.29 is 0 Å². The van der Waals surface area contributed by atoms with Gasteiger partial charge in [0.15, 0.2) is 0 Å². The quantitative estimate of drug-likeness (QED) is 0.144. The van der Waals surface area contributed by atoms with Gasteiger partial charge in [-0.3, -0.25) is 0 Å². The van der Waals surface area contributed by atoms with Gasteiger partial charge < -0.3 is 4.90 Å². The van der Waals surface area contributed by atoms with E-state index in [2.05, 4.69) is 139 Å². The molecule has 0 radical (unpaired) electrons. The topological polar surface area (TPSA) is 3.24 Å². The molecule has 0 aliphatic rings. The predicted molar refractivity (Wildman–Crippen MR) is 167 cm³/mol. The number of hydrogen-bond acceptors (Lipinski definition) is 1. The zero-order chi connectivity index (χ0) is 26.9. The van der Waals surface area contributed by atoms with Crippen molar-refractivity contribution in [1.82, 2.24) is 0 Å². The molecule has 1 heteroatoms. The van der Waals surface area contributed by atoms with E-state index in [0.29, 0.717) is 0 Å². The van der Waals surface area contributed by atoms with E-state index < -0.39 is 0 Å². The van der Waals surface area contributed by atoms with E-state index in [1.807, 2.05) is 36.4 Å². The third-order valence-corrected chi connectivity index (χ3v) is 6.51. The minimum absolute atomic E-state index is 1.04. The van der Waals surface area contributed by atoms with Crippen LogP contribution in [0, 0.1) is 12.1 Å². The molecular formula is C38H29N. The Morgan fingerprint density at radius 1 is 0.590 bits per heavy atom. The Morgan fingerprint density at radius 3 is 1.72 bits per heavy atom. The summed E-state index contributed by atoms with van der Waals surface area (Å²) in [5.74, 6) is 0. The smallest absolute Gasteiger partial charge is 0.0462 e. The molecule has 0 aliphatic carbocycles. The van der Waals surface area contributed by atoms with Gasteiger partial charge in [0.2, 0.25) is 0 Å². The van der Waals surface area contributed by atoms with Crippen LogP contribution in [0.25, 0.3) is 17.2 Å². The Bertz CT molecular complexity index is 1540. The van der Waals surface area contributed by atoms with Gasteiger partial charge in [-0.1, -0.05) is 116 Å². The van der Waals surface area contributed by atoms with Gasteiger partial charge >= 0.3 is 0 Å². The van der Waals surface area contributed by atoms with Crippen LogP contribution in [0.2, 0.25) is 0 Å². The van der Waals surface area contributed by atoms with Crippen LogP contribution in [0.5, 0.6) is 0 Å². The van der Waals surface area contributed by atoms with Crippen molar-refractivity contribution in [2.24, 2.45) is 0 Å². The first-order chi connectivity index (χ1) is 19.3. The minimum Gasteiger partial charge on any atom is -0.311 e. The van der Waals surface area contributed by atoms with Crippen LogP contribution in [0.4, 0.5) is 17.1 Å². The molecule has 0 unspecified atom stereocenters. The van der Waals surface area contributed by atoms with Gasteiger partial charge in [0.1, 0.15) is 0 Å². The number of hydrogen-bond donors (Lipinski definition) is 0. The van der Waals surface area contributed by atoms with Crippen molar-refractivity contribution in [3.8, 4) is 0 Å². The van der Waals surface area contributed by atoms with Crippen molar-refractivity contribution in [1.29, 1.82) is 0 Å². The molecule has 0 atom stereocenters. The lowest BCUT2D eigenvalue weighted by Crippen LogP contribution is -2.09. The second kappa shape index (κ2) is 12.3. The summed E-state index contributed by atoms with van der Waals surface area (Å²) in [7, 11) is 0. The second-order valence-electron chi connectivity index (χ2n) is 9.02. The maximum absolute atomic E-state index is 3.94. The van der Waals surface area contributed by atoms with E-state index in [0.717, 1.165) is 50.5 Å². The van der Waals surface area contributed by atoms with Gasteiger partial charge in [-0.05, 0) is 94.1 Å². The van der Waals surface area contributed by atoms with Crippen LogP contribution >= 0.6 is 0 Å². The zero-order valence-corrected chi connectivity index (χ0v) is 21.8. The first-order valence-electron chi connectivity index (χ1n) is 12.9. The lowest BCUT2D eigenvalue weighted by molar-refractivity contribution is 1.28. The number of anilines is 3. The van der Waals surface area contributed by atoms with E-state index >= 15 is 0 Å². The van der Waals surface area contributed by atoms with Crippen LogP contribution in [-0.4, -0.2) is 0 Å². The molecule has 5 aromatic rings. The van der Waals surface area contributed by atoms with Crippen LogP contribution in [-0.2, 0) is 0 Å². The van der Waals surface area contributed by atoms with E-state index in [9.17, 15) is 0 Å². The second-order valence-corrected chi connectivity index (χ2v) is 9.02. The maximum Gasteiger partial charge on any atom is 0.0462 e. The lowest BCUT2D eigenvalue weighted by atomic mass is 9.94. The molecule has 0 saturated heterocycles. The average molecular weight is 500 g/mol. The SMILES string of the molecule is C=C/C=C(\C=C)c1ccc(C(=Cc2ccc(N(c3ccccc3)c3ccccc3)cc2)c2cc#ccc2)cc1. The fourth-order valence-electron chi connectivity index (χ4n) is 4.59. The molecule has 0 bridgehead atoms. The molecule has 0 N–H and O–H groups in total. The molecule has 5 aromatic carbocycles. The Balaban J connectivity index is 1.53. The van der Waals surface area contributed by atoms with E-state index in [-0.39, 0.29) is 0 Å². The molecule has 1 nitrogen and oxygen atoms in total. The van der Waals surface area contributed by atoms with Gasteiger partial charge in [0.05, 0.1) is 0 Å². The number of nitrogens with zero attached hydrogens (tertiary/aromatic N) is 1. The molecule has 0 fully saturated rings. The average Bonchev–Trinajstić information content (AvgIpc) is 3.01. The predicted octanol–water partition coefficient (Wildman–Crippen LogP) is 10.1. The van der Waals surface area contributed by atoms with Crippen LogP contribution in [0.1, 0.15) is 22.3 Å². The first-order valence-corrected chi connectivity index (χ1v) is 12.9. The third kappa shape index (κ3) is 5.99. The van der Waals surface area contributed by atoms with Gasteiger partial charge in [0, 0.05) is 17.1 Å². The minimum atomic E-state index is 1.04. The molecule has 0 heterocycles. The Labute approximate surface area is 232 Å². The Morgan fingerprint density at radius 2 is 1.18 bits per heavy atom. The summed E-state index contributed by atoms with van der Waals surface area (Å²) >= 11 is 0. The third-order valence-electron chi connectivity index (χ3n) is 6.51. The fourth-order valence-corrected chi connectivity index (χ4v) is 4.59. The molecule has 0 spiro atoms. The number of allylic oxidation sites excluding steroid dienone is 4. The van der Waals surface area contributed by atoms with E-state index in [4.69, 9.17) is 0 Å². The molecule has 186 valence electrons. The van der Waals surface area contributed by atoms with Crippen molar-refractivity contribution in [3.05, 3.63) is 193 Å². The number of rotatable bonds is 9. The molecule has 0 aromatic heterocycles. The normalized spacial score (nSPS) is 11.4. The van der Waals surface area contributed by atoms with Crippen molar-refractivity contribution >= 4 is 34.3 Å². The Kier molecular flexibility index (Phi) is 7.98. The van der Waals surface area contributed by atoms with Gasteiger partial charge in [-0.25, -0.2) is 0 Å². The van der Waals surface area contributed by atoms with E-state index in [1.165, 1.54) is 0 Å². The highest BCUT2D eigenvalue weighted by molar-refractivity contribution is 5.92. The van der Waals surface area contributed by atoms with E-state index in [1.54, 1.807) is 6.08 Å². The highest BCUT2D eigenvalue weighted by Gasteiger charge is 2.12. The number of benzene rings is 4. The van der Waals surface area contributed by atoms with Crippen molar-refractivity contribution in [3.63, 3.8) is 0 Å². The summed E-state index contributed by atoms with van der Waals surface area (Å²) in [5.41, 5.74) is 9.94. The van der Waals surface area contributed by atoms with Gasteiger partial charge in [0.25, 0.3) is 0 Å². The highest BCUT2D eigenvalue weighted by atomic mass is 15.1. The summed E-state index contributed by atoms with van der Waals surface area (Å²) in [5, 5.41) is 0. The Hall–Kier alpha value is -5.32. The summed E-state index contributed by atoms with van der Waals surface area (Å²) in [6, 6.07) is 50.2. The molecule has 0 aliphatic heterocycles. The summed E-state index contributed by atoms with van der Waals surface area (Å²) in [6.45, 7) is 7.75. The maximum atomic E-state index is 3.94. The van der Waals surface area contributed by atoms with Gasteiger partial charge in [-0.15, -0.1) is 0 Å². The summed E-state index contributed by atoms with van der Waals surface area (Å²) in [6.07, 6.45) is 7.83. The van der Waals surface area contributed by atoms with Crippen LogP contribution in [0.15, 0.2) is 159 Å². The summed E-state index contributed by atoms with van der Waals surface area (Å²) < 4.78 is 0. The largest absolute Gasteiger partial charge is 0.311 e. The van der Waals surface area contributed by atoms with Crippen molar-refractivity contribution in [2.75, 3.05) is 4.90 Å². The highest BCUT2D eigenvalue weighted by Crippen LogP contribution is 2.35. The van der Waals surface area contributed by atoms with Gasteiger partial charge in [-0.2, -0.15) is 0 Å². The van der Waals surface area contributed by atoms with Crippen LogP contribution in [0.3, 0.4) is 0 Å². The number of para-hydroxylation sites is 2.